The predicted molar refractivity (Wildman–Crippen MR) is 83.5 cm³/mol. The Morgan fingerprint density at radius 1 is 1.05 bits per heavy atom. The second-order valence-electron chi connectivity index (χ2n) is 7.75. The maximum Gasteiger partial charge on any atom is 0.125 e. The zero-order valence-electron chi connectivity index (χ0n) is 13.0. The number of rotatable bonds is 0. The molecular weight excluding hydrogens is 260 g/mol. The minimum absolute atomic E-state index is 0.102. The summed E-state index contributed by atoms with van der Waals surface area (Å²) >= 11 is 0. The Balaban J connectivity index is 1.56. The first-order valence-corrected chi connectivity index (χ1v) is 8.58. The third-order valence-electron chi connectivity index (χ3n) is 6.30. The Kier molecular flexibility index (Phi) is 3.08. The van der Waals surface area contributed by atoms with E-state index in [9.17, 15) is 5.11 Å². The number of ether oxygens (including phenoxy) is 1. The molecule has 3 aliphatic rings. The molecule has 4 rings (SSSR count). The normalized spacial score (nSPS) is 29.3. The Hall–Kier alpha value is -1.02. The van der Waals surface area contributed by atoms with Crippen molar-refractivity contribution < 1.29 is 9.84 Å². The van der Waals surface area contributed by atoms with Crippen LogP contribution in [0.4, 0.5) is 0 Å². The Labute approximate surface area is 127 Å². The van der Waals surface area contributed by atoms with Gasteiger partial charge in [0.2, 0.25) is 0 Å². The van der Waals surface area contributed by atoms with Gasteiger partial charge in [-0.3, -0.25) is 0 Å². The van der Waals surface area contributed by atoms with Crippen LogP contribution in [0.5, 0.6) is 5.75 Å². The third kappa shape index (κ3) is 2.28. The Morgan fingerprint density at radius 3 is 2.48 bits per heavy atom. The van der Waals surface area contributed by atoms with Crippen molar-refractivity contribution in [2.75, 3.05) is 0 Å². The fourth-order valence-corrected chi connectivity index (χ4v) is 4.93. The van der Waals surface area contributed by atoms with E-state index in [1.54, 1.807) is 0 Å². The van der Waals surface area contributed by atoms with Crippen molar-refractivity contribution in [1.82, 2.24) is 0 Å². The SMILES string of the molecule is Cc1ccc2c(c1)[C@H](O)CC1(CCC3(CCCC3)CC1)O2. The summed E-state index contributed by atoms with van der Waals surface area (Å²) in [6, 6.07) is 6.22. The average Bonchev–Trinajstić information content (AvgIpc) is 2.93. The van der Waals surface area contributed by atoms with Crippen molar-refractivity contribution in [1.29, 1.82) is 0 Å². The molecule has 21 heavy (non-hydrogen) atoms. The average molecular weight is 286 g/mol. The molecule has 2 fully saturated rings. The summed E-state index contributed by atoms with van der Waals surface area (Å²) in [5, 5.41) is 10.6. The van der Waals surface area contributed by atoms with Crippen molar-refractivity contribution in [3.8, 4) is 5.75 Å². The topological polar surface area (TPSA) is 29.5 Å². The third-order valence-corrected chi connectivity index (χ3v) is 6.30. The number of hydrogen-bond donors (Lipinski definition) is 1. The highest BCUT2D eigenvalue weighted by molar-refractivity contribution is 5.41. The number of aliphatic hydroxyl groups is 1. The molecule has 1 aromatic carbocycles. The van der Waals surface area contributed by atoms with Crippen LogP contribution >= 0.6 is 0 Å². The molecule has 2 spiro atoms. The number of aryl methyl sites for hydroxylation is 1. The summed E-state index contributed by atoms with van der Waals surface area (Å²) in [4.78, 5) is 0. The maximum atomic E-state index is 10.6. The maximum absolute atomic E-state index is 10.6. The molecule has 1 N–H and O–H groups in total. The van der Waals surface area contributed by atoms with Gasteiger partial charge in [-0.15, -0.1) is 0 Å². The quantitative estimate of drug-likeness (QED) is 0.750. The lowest BCUT2D eigenvalue weighted by Crippen LogP contribution is -2.46. The second-order valence-corrected chi connectivity index (χ2v) is 7.75. The zero-order valence-corrected chi connectivity index (χ0v) is 13.0. The summed E-state index contributed by atoms with van der Waals surface area (Å²) in [5.74, 6) is 0.918. The van der Waals surface area contributed by atoms with Crippen LogP contribution in [0.3, 0.4) is 0 Å². The summed E-state index contributed by atoms with van der Waals surface area (Å²) in [6.45, 7) is 2.07. The molecule has 0 bridgehead atoms. The first-order chi connectivity index (χ1) is 10.1. The van der Waals surface area contributed by atoms with Crippen LogP contribution < -0.4 is 4.74 Å². The van der Waals surface area contributed by atoms with Crippen LogP contribution in [0, 0.1) is 12.3 Å². The number of benzene rings is 1. The van der Waals surface area contributed by atoms with E-state index < -0.39 is 0 Å². The standard InChI is InChI=1S/C19H26O2/c1-14-4-5-17-15(12-14)16(20)13-19(21-17)10-8-18(9-11-19)6-2-3-7-18/h4-5,12,16,20H,2-3,6-11,13H2,1H3/t16-/m1/s1. The second kappa shape index (κ2) is 4.74. The van der Waals surface area contributed by atoms with Crippen LogP contribution in [0.2, 0.25) is 0 Å². The van der Waals surface area contributed by atoms with Gasteiger partial charge in [-0.2, -0.15) is 0 Å². The lowest BCUT2D eigenvalue weighted by atomic mass is 9.65. The van der Waals surface area contributed by atoms with Gasteiger partial charge in [-0.05, 0) is 63.0 Å². The molecule has 114 valence electrons. The minimum atomic E-state index is -0.355. The summed E-state index contributed by atoms with van der Waals surface area (Å²) in [6.07, 6.45) is 10.9. The lowest BCUT2D eigenvalue weighted by Gasteiger charge is -2.48. The molecule has 0 amide bonds. The van der Waals surface area contributed by atoms with Crippen molar-refractivity contribution in [2.24, 2.45) is 5.41 Å². The van der Waals surface area contributed by atoms with Gasteiger partial charge in [0, 0.05) is 12.0 Å². The van der Waals surface area contributed by atoms with Crippen LogP contribution in [0.25, 0.3) is 0 Å². The zero-order chi connectivity index (χ0) is 14.5. The Morgan fingerprint density at radius 2 is 1.76 bits per heavy atom. The van der Waals surface area contributed by atoms with E-state index in [4.69, 9.17) is 4.74 Å². The van der Waals surface area contributed by atoms with E-state index in [0.717, 1.165) is 30.6 Å². The molecule has 2 aliphatic carbocycles. The van der Waals surface area contributed by atoms with Crippen molar-refractivity contribution in [2.45, 2.75) is 76.4 Å². The van der Waals surface area contributed by atoms with Gasteiger partial charge in [-0.25, -0.2) is 0 Å². The number of aliphatic hydroxyl groups excluding tert-OH is 1. The fourth-order valence-electron chi connectivity index (χ4n) is 4.93. The van der Waals surface area contributed by atoms with Gasteiger partial charge in [-0.1, -0.05) is 24.5 Å². The smallest absolute Gasteiger partial charge is 0.125 e. The minimum Gasteiger partial charge on any atom is -0.487 e. The van der Waals surface area contributed by atoms with E-state index in [0.29, 0.717) is 5.41 Å². The van der Waals surface area contributed by atoms with Gasteiger partial charge in [0.05, 0.1) is 6.10 Å². The molecule has 0 radical (unpaired) electrons. The van der Waals surface area contributed by atoms with E-state index in [2.05, 4.69) is 25.1 Å². The Bertz CT molecular complexity index is 532. The molecule has 2 nitrogen and oxygen atoms in total. The van der Waals surface area contributed by atoms with Crippen LogP contribution in [0.15, 0.2) is 18.2 Å². The molecule has 2 heteroatoms. The van der Waals surface area contributed by atoms with E-state index in [1.165, 1.54) is 44.1 Å². The van der Waals surface area contributed by atoms with Crippen molar-refractivity contribution >= 4 is 0 Å². The predicted octanol–water partition coefficient (Wildman–Crippen LogP) is 4.68. The van der Waals surface area contributed by atoms with Gasteiger partial charge in [0.1, 0.15) is 11.4 Å². The summed E-state index contributed by atoms with van der Waals surface area (Å²) in [5.41, 5.74) is 2.70. The fraction of sp³-hybridized carbons (Fsp3) is 0.684. The summed E-state index contributed by atoms with van der Waals surface area (Å²) in [7, 11) is 0. The molecule has 1 heterocycles. The molecule has 0 saturated heterocycles. The van der Waals surface area contributed by atoms with Gasteiger partial charge in [0.25, 0.3) is 0 Å². The van der Waals surface area contributed by atoms with Gasteiger partial charge in [0.15, 0.2) is 0 Å². The molecule has 1 aromatic rings. The monoisotopic (exact) mass is 286 g/mol. The van der Waals surface area contributed by atoms with Gasteiger partial charge < -0.3 is 9.84 Å². The van der Waals surface area contributed by atoms with Crippen LogP contribution in [-0.4, -0.2) is 10.7 Å². The van der Waals surface area contributed by atoms with E-state index >= 15 is 0 Å². The highest BCUT2D eigenvalue weighted by Gasteiger charge is 2.48. The summed E-state index contributed by atoms with van der Waals surface area (Å²) < 4.78 is 6.43. The van der Waals surface area contributed by atoms with E-state index in [1.807, 2.05) is 0 Å². The molecular formula is C19H26O2. The van der Waals surface area contributed by atoms with E-state index in [-0.39, 0.29) is 11.7 Å². The van der Waals surface area contributed by atoms with Crippen molar-refractivity contribution in [3.63, 3.8) is 0 Å². The largest absolute Gasteiger partial charge is 0.487 e. The highest BCUT2D eigenvalue weighted by Crippen LogP contribution is 2.55. The van der Waals surface area contributed by atoms with Crippen LogP contribution in [-0.2, 0) is 0 Å². The first-order valence-electron chi connectivity index (χ1n) is 8.58. The molecule has 1 atom stereocenters. The van der Waals surface area contributed by atoms with Crippen LogP contribution in [0.1, 0.15) is 75.0 Å². The number of hydrogen-bond acceptors (Lipinski definition) is 2. The molecule has 0 unspecified atom stereocenters. The molecule has 0 aromatic heterocycles. The number of fused-ring (bicyclic) bond motifs is 1. The molecule has 1 aliphatic heterocycles. The molecule has 2 saturated carbocycles. The first kappa shape index (κ1) is 13.6. The lowest BCUT2D eigenvalue weighted by molar-refractivity contribution is -0.0622. The highest BCUT2D eigenvalue weighted by atomic mass is 16.5. The van der Waals surface area contributed by atoms with Crippen molar-refractivity contribution in [3.05, 3.63) is 29.3 Å². The van der Waals surface area contributed by atoms with Gasteiger partial charge >= 0.3 is 0 Å².